The summed E-state index contributed by atoms with van der Waals surface area (Å²) in [4.78, 5) is 55.1. The van der Waals surface area contributed by atoms with Gasteiger partial charge in [0.1, 0.15) is 35.8 Å². The van der Waals surface area contributed by atoms with Crippen molar-refractivity contribution in [3.63, 3.8) is 0 Å². The molecule has 0 saturated carbocycles. The number of carbonyl (C=O) groups is 3. The summed E-state index contributed by atoms with van der Waals surface area (Å²) in [5, 5.41) is 12.5. The topological polar surface area (TPSA) is 144 Å². The molecule has 1 aromatic heterocycles. The van der Waals surface area contributed by atoms with Crippen molar-refractivity contribution in [1.29, 1.82) is 0 Å². The minimum absolute atomic E-state index is 0.294. The molecule has 3 heterocycles. The van der Waals surface area contributed by atoms with Crippen molar-refractivity contribution in [2.24, 2.45) is 5.41 Å². The molecule has 49 heavy (non-hydrogen) atoms. The Bertz CT molecular complexity index is 1690. The first kappa shape index (κ1) is 35.7. The lowest BCUT2D eigenvalue weighted by molar-refractivity contribution is -0.143. The van der Waals surface area contributed by atoms with Gasteiger partial charge in [-0.25, -0.2) is 14.4 Å². The Morgan fingerprint density at radius 2 is 1.78 bits per heavy atom. The van der Waals surface area contributed by atoms with Gasteiger partial charge in [-0.3, -0.25) is 14.4 Å². The number of halogens is 1. The number of nitrogens with zero attached hydrogens (tertiary/aromatic N) is 5. The van der Waals surface area contributed by atoms with Crippen LogP contribution in [-0.4, -0.2) is 110 Å². The number of ether oxygens (including phenoxy) is 1. The maximum Gasteiger partial charge on any atom is 0.247 e. The largest absolute Gasteiger partial charge is 0.494 e. The van der Waals surface area contributed by atoms with Crippen LogP contribution in [0.3, 0.4) is 0 Å². The van der Waals surface area contributed by atoms with Crippen LogP contribution in [-0.2, 0) is 14.4 Å². The Kier molecular flexibility index (Phi) is 10.9. The Labute approximate surface area is 287 Å². The van der Waals surface area contributed by atoms with Crippen molar-refractivity contribution in [3.05, 3.63) is 42.5 Å². The molecule has 2 aliphatic rings. The van der Waals surface area contributed by atoms with Crippen LogP contribution in [0.15, 0.2) is 36.7 Å². The molecule has 2 aliphatic heterocycles. The van der Waals surface area contributed by atoms with Crippen LogP contribution in [0.1, 0.15) is 40.5 Å². The summed E-state index contributed by atoms with van der Waals surface area (Å²) in [5.41, 5.74) is 1.41. The molecule has 3 aromatic rings. The van der Waals surface area contributed by atoms with Crippen LogP contribution in [0, 0.1) is 11.2 Å². The highest BCUT2D eigenvalue weighted by Gasteiger charge is 2.42. The van der Waals surface area contributed by atoms with Crippen molar-refractivity contribution in [2.45, 2.75) is 58.7 Å². The summed E-state index contributed by atoms with van der Waals surface area (Å²) in [6.45, 7) is 11.0. The number of aromatic nitrogens is 2. The summed E-state index contributed by atoms with van der Waals surface area (Å²) >= 11 is 0. The van der Waals surface area contributed by atoms with Crippen LogP contribution in [0.5, 0.6) is 5.75 Å². The van der Waals surface area contributed by atoms with Gasteiger partial charge in [0.15, 0.2) is 0 Å². The molecule has 14 heteroatoms. The van der Waals surface area contributed by atoms with Crippen LogP contribution in [0.2, 0.25) is 0 Å². The first-order valence-electron chi connectivity index (χ1n) is 16.7. The van der Waals surface area contributed by atoms with E-state index >= 15 is 4.39 Å². The predicted molar refractivity (Wildman–Crippen MR) is 189 cm³/mol. The standard InChI is InChI=1S/C35H48FN9O4/c1-21(37-5)32(46)42-30(35(2,3)4)34(48)45-12-8-9-28(45)33(47)41-26-18-23-25(19-29(26)49-7)38-20-39-31(23)40-22-10-11-27(24(36)17-22)44-15-13-43(6)14-16-44/h10-11,17-21,28,30,37H,8-9,12-16H2,1-7H3,(H,41,47)(H,42,46)(H,38,39,40)/t21-,28?,30+/m0/s1. The van der Waals surface area contributed by atoms with Crippen molar-refractivity contribution in [1.82, 2.24) is 30.4 Å². The normalized spacial score (nSPS) is 18.2. The predicted octanol–water partition coefficient (Wildman–Crippen LogP) is 3.34. The minimum Gasteiger partial charge on any atom is -0.494 e. The second-order valence-electron chi connectivity index (χ2n) is 13.9. The third-order valence-electron chi connectivity index (χ3n) is 9.33. The first-order valence-corrected chi connectivity index (χ1v) is 16.7. The number of fused-ring (bicyclic) bond motifs is 1. The van der Waals surface area contributed by atoms with Crippen LogP contribution >= 0.6 is 0 Å². The molecule has 3 amide bonds. The molecule has 0 aliphatic carbocycles. The van der Waals surface area contributed by atoms with Gasteiger partial charge in [-0.2, -0.15) is 0 Å². The summed E-state index contributed by atoms with van der Waals surface area (Å²) in [6.07, 6.45) is 2.51. The molecule has 3 atom stereocenters. The molecule has 2 fully saturated rings. The van der Waals surface area contributed by atoms with Gasteiger partial charge >= 0.3 is 0 Å². The number of methoxy groups -OCH3 is 1. The molecule has 2 aromatic carbocycles. The van der Waals surface area contributed by atoms with Crippen molar-refractivity contribution < 1.29 is 23.5 Å². The smallest absolute Gasteiger partial charge is 0.247 e. The van der Waals surface area contributed by atoms with E-state index < -0.39 is 23.5 Å². The fourth-order valence-electron chi connectivity index (χ4n) is 6.21. The van der Waals surface area contributed by atoms with Gasteiger partial charge in [-0.15, -0.1) is 0 Å². The number of amides is 3. The zero-order valence-corrected chi connectivity index (χ0v) is 29.4. The van der Waals surface area contributed by atoms with E-state index in [-0.39, 0.29) is 23.5 Å². The summed E-state index contributed by atoms with van der Waals surface area (Å²) in [6, 6.07) is 6.38. The lowest BCUT2D eigenvalue weighted by Gasteiger charge is -2.36. The third kappa shape index (κ3) is 8.02. The molecule has 264 valence electrons. The highest BCUT2D eigenvalue weighted by Crippen LogP contribution is 2.35. The molecule has 5 rings (SSSR count). The molecule has 0 spiro atoms. The SMILES string of the molecule is CN[C@@H](C)C(=O)N[C@H](C(=O)N1CCCC1C(=O)Nc1cc2c(Nc3ccc(N4CCN(C)CC4)c(F)c3)ncnc2cc1OC)C(C)(C)C. The van der Waals surface area contributed by atoms with Crippen molar-refractivity contribution in [3.8, 4) is 5.75 Å². The maximum atomic E-state index is 15.3. The number of hydrogen-bond donors (Lipinski definition) is 4. The summed E-state index contributed by atoms with van der Waals surface area (Å²) in [5.74, 6) is -0.505. The number of benzene rings is 2. The van der Waals surface area contributed by atoms with Crippen LogP contribution < -0.4 is 30.9 Å². The van der Waals surface area contributed by atoms with Gasteiger partial charge in [-0.1, -0.05) is 20.8 Å². The fraction of sp³-hybridized carbons (Fsp3) is 0.514. The number of piperazine rings is 1. The second-order valence-corrected chi connectivity index (χ2v) is 13.9. The number of nitrogens with one attached hydrogen (secondary N) is 4. The Hall–Kier alpha value is -4.56. The number of hydrogen-bond acceptors (Lipinski definition) is 10. The quantitative estimate of drug-likeness (QED) is 0.252. The van der Waals surface area contributed by atoms with Gasteiger partial charge in [0.05, 0.1) is 30.0 Å². The average Bonchev–Trinajstić information content (AvgIpc) is 3.57. The lowest BCUT2D eigenvalue weighted by Crippen LogP contribution is -2.59. The van der Waals surface area contributed by atoms with Crippen LogP contribution in [0.25, 0.3) is 10.9 Å². The molecular weight excluding hydrogens is 629 g/mol. The fourth-order valence-corrected chi connectivity index (χ4v) is 6.21. The van der Waals surface area contributed by atoms with Gasteiger partial charge < -0.3 is 40.7 Å². The summed E-state index contributed by atoms with van der Waals surface area (Å²) < 4.78 is 20.9. The van der Waals surface area contributed by atoms with Crippen molar-refractivity contribution in [2.75, 3.05) is 69.5 Å². The van der Waals surface area contributed by atoms with E-state index in [1.807, 2.05) is 31.7 Å². The molecule has 0 radical (unpaired) electrons. The molecular formula is C35H48FN9O4. The highest BCUT2D eigenvalue weighted by atomic mass is 19.1. The van der Waals surface area contributed by atoms with E-state index in [0.29, 0.717) is 58.9 Å². The molecule has 4 N–H and O–H groups in total. The van der Waals surface area contributed by atoms with Gasteiger partial charge in [0.25, 0.3) is 0 Å². The zero-order chi connectivity index (χ0) is 35.5. The third-order valence-corrected chi connectivity index (χ3v) is 9.33. The Morgan fingerprint density at radius 1 is 1.04 bits per heavy atom. The van der Waals surface area contributed by atoms with E-state index in [9.17, 15) is 14.4 Å². The van der Waals surface area contributed by atoms with Gasteiger partial charge in [0, 0.05) is 49.9 Å². The second kappa shape index (κ2) is 14.9. The van der Waals surface area contributed by atoms with E-state index in [4.69, 9.17) is 4.74 Å². The van der Waals surface area contributed by atoms with Crippen LogP contribution in [0.4, 0.5) is 27.3 Å². The Balaban J connectivity index is 1.37. The lowest BCUT2D eigenvalue weighted by atomic mass is 9.85. The number of rotatable bonds is 10. The molecule has 13 nitrogen and oxygen atoms in total. The zero-order valence-electron chi connectivity index (χ0n) is 29.4. The van der Waals surface area contributed by atoms with Gasteiger partial charge in [-0.05, 0) is 63.5 Å². The maximum absolute atomic E-state index is 15.3. The minimum atomic E-state index is -0.828. The van der Waals surface area contributed by atoms with E-state index in [1.54, 1.807) is 37.1 Å². The van der Waals surface area contributed by atoms with E-state index in [0.717, 1.165) is 26.2 Å². The van der Waals surface area contributed by atoms with E-state index in [1.165, 1.54) is 19.5 Å². The number of carbonyl (C=O) groups excluding carboxylic acids is 3. The average molecular weight is 678 g/mol. The van der Waals surface area contributed by atoms with Crippen molar-refractivity contribution >= 4 is 51.5 Å². The molecule has 2 saturated heterocycles. The van der Waals surface area contributed by atoms with E-state index in [2.05, 4.69) is 43.2 Å². The molecule has 1 unspecified atom stereocenters. The first-order chi connectivity index (χ1) is 23.3. The Morgan fingerprint density at radius 3 is 2.43 bits per heavy atom. The highest BCUT2D eigenvalue weighted by molar-refractivity contribution is 6.03. The van der Waals surface area contributed by atoms with Gasteiger partial charge in [0.2, 0.25) is 17.7 Å². The number of likely N-dealkylation sites (tertiary alicyclic amines) is 1. The number of likely N-dealkylation sites (N-methyl/N-ethyl adjacent to an activating group) is 2. The monoisotopic (exact) mass is 677 g/mol. The summed E-state index contributed by atoms with van der Waals surface area (Å²) in [7, 11) is 5.23. The number of anilines is 4. The molecule has 0 bridgehead atoms.